The van der Waals surface area contributed by atoms with Crippen molar-refractivity contribution >= 4 is 5.65 Å². The van der Waals surface area contributed by atoms with Gasteiger partial charge in [0.05, 0.1) is 18.5 Å². The number of nitrogens with two attached hydrogens (primary N) is 1. The molecule has 0 aliphatic rings. The van der Waals surface area contributed by atoms with Crippen LogP contribution in [0.25, 0.3) is 16.9 Å². The van der Waals surface area contributed by atoms with Crippen LogP contribution in [0.1, 0.15) is 5.69 Å². The monoisotopic (exact) mass is 270 g/mol. The third kappa shape index (κ3) is 2.06. The maximum atomic E-state index is 11.9. The quantitative estimate of drug-likeness (QED) is 0.747. The molecule has 0 aliphatic carbocycles. The molecule has 0 bridgehead atoms. The van der Waals surface area contributed by atoms with Gasteiger partial charge in [-0.15, -0.1) is 0 Å². The highest BCUT2D eigenvalue weighted by atomic mass is 16.5. The van der Waals surface area contributed by atoms with E-state index in [2.05, 4.69) is 10.1 Å². The highest BCUT2D eigenvalue weighted by Crippen LogP contribution is 2.22. The van der Waals surface area contributed by atoms with Crippen molar-refractivity contribution in [3.8, 4) is 17.0 Å². The SMILES string of the molecule is COc1cccc(-c2cc3nc(CN)cc(=O)n3[nH]2)c1. The fourth-order valence-corrected chi connectivity index (χ4v) is 2.08. The molecule has 0 aliphatic heterocycles. The number of methoxy groups -OCH3 is 1. The summed E-state index contributed by atoms with van der Waals surface area (Å²) in [5, 5.41) is 3.03. The highest BCUT2D eigenvalue weighted by molar-refractivity contribution is 5.65. The number of hydrogen-bond donors (Lipinski definition) is 2. The fourth-order valence-electron chi connectivity index (χ4n) is 2.08. The zero-order chi connectivity index (χ0) is 14.1. The van der Waals surface area contributed by atoms with Crippen molar-refractivity contribution in [3.05, 3.63) is 52.4 Å². The molecule has 0 fully saturated rings. The third-order valence-corrected chi connectivity index (χ3v) is 3.09. The van der Waals surface area contributed by atoms with Crippen molar-refractivity contribution in [1.29, 1.82) is 0 Å². The maximum Gasteiger partial charge on any atom is 0.272 e. The number of aromatic nitrogens is 3. The number of H-pyrrole nitrogens is 1. The summed E-state index contributed by atoms with van der Waals surface area (Å²) < 4.78 is 6.59. The minimum atomic E-state index is -0.176. The summed E-state index contributed by atoms with van der Waals surface area (Å²) in [5.74, 6) is 0.754. The first-order chi connectivity index (χ1) is 9.71. The van der Waals surface area contributed by atoms with E-state index in [0.717, 1.165) is 17.0 Å². The van der Waals surface area contributed by atoms with E-state index in [1.54, 1.807) is 7.11 Å². The molecule has 3 aromatic rings. The van der Waals surface area contributed by atoms with Gasteiger partial charge >= 0.3 is 0 Å². The van der Waals surface area contributed by atoms with Crippen molar-refractivity contribution in [3.63, 3.8) is 0 Å². The molecule has 0 radical (unpaired) electrons. The lowest BCUT2D eigenvalue weighted by Crippen LogP contribution is -2.16. The van der Waals surface area contributed by atoms with Gasteiger partial charge in [-0.3, -0.25) is 9.89 Å². The van der Waals surface area contributed by atoms with Gasteiger partial charge in [0.2, 0.25) is 0 Å². The average Bonchev–Trinajstić information content (AvgIpc) is 2.92. The second kappa shape index (κ2) is 4.82. The molecule has 6 heteroatoms. The number of nitrogens with zero attached hydrogens (tertiary/aromatic N) is 2. The Balaban J connectivity index is 2.17. The topological polar surface area (TPSA) is 85.4 Å². The van der Waals surface area contributed by atoms with Crippen LogP contribution in [-0.2, 0) is 6.54 Å². The van der Waals surface area contributed by atoms with Crippen molar-refractivity contribution in [1.82, 2.24) is 14.6 Å². The van der Waals surface area contributed by atoms with E-state index in [9.17, 15) is 4.79 Å². The van der Waals surface area contributed by atoms with Crippen molar-refractivity contribution < 1.29 is 4.74 Å². The van der Waals surface area contributed by atoms with E-state index in [1.165, 1.54) is 10.6 Å². The molecule has 0 unspecified atom stereocenters. The Bertz CT molecular complexity index is 819. The molecule has 2 aromatic heterocycles. The van der Waals surface area contributed by atoms with Crippen molar-refractivity contribution in [2.24, 2.45) is 5.73 Å². The van der Waals surface area contributed by atoms with Crippen LogP contribution in [0.15, 0.2) is 41.2 Å². The van der Waals surface area contributed by atoms with Crippen LogP contribution in [0.4, 0.5) is 0 Å². The van der Waals surface area contributed by atoms with Gasteiger partial charge < -0.3 is 10.5 Å². The molecule has 0 atom stereocenters. The van der Waals surface area contributed by atoms with Gasteiger partial charge in [0.15, 0.2) is 5.65 Å². The van der Waals surface area contributed by atoms with Gasteiger partial charge in [0.25, 0.3) is 5.56 Å². The minimum Gasteiger partial charge on any atom is -0.497 e. The molecule has 3 N–H and O–H groups in total. The second-order valence-electron chi connectivity index (χ2n) is 4.39. The van der Waals surface area contributed by atoms with Crippen LogP contribution in [0.2, 0.25) is 0 Å². The Morgan fingerprint density at radius 2 is 2.20 bits per heavy atom. The van der Waals surface area contributed by atoms with Gasteiger partial charge in [-0.05, 0) is 12.1 Å². The summed E-state index contributed by atoms with van der Waals surface area (Å²) in [6.07, 6.45) is 0. The van der Waals surface area contributed by atoms with Crippen LogP contribution in [0.3, 0.4) is 0 Å². The molecule has 0 amide bonds. The lowest BCUT2D eigenvalue weighted by Gasteiger charge is -2.01. The summed E-state index contributed by atoms with van der Waals surface area (Å²) in [6.45, 7) is 0.241. The van der Waals surface area contributed by atoms with Crippen molar-refractivity contribution in [2.45, 2.75) is 6.54 Å². The number of rotatable bonds is 3. The number of aromatic amines is 1. The molecule has 0 spiro atoms. The van der Waals surface area contributed by atoms with Gasteiger partial charge in [0.1, 0.15) is 5.75 Å². The van der Waals surface area contributed by atoms with E-state index in [4.69, 9.17) is 10.5 Å². The number of hydrogen-bond acceptors (Lipinski definition) is 4. The van der Waals surface area contributed by atoms with E-state index in [1.807, 2.05) is 30.3 Å². The number of ether oxygens (including phenoxy) is 1. The third-order valence-electron chi connectivity index (χ3n) is 3.09. The van der Waals surface area contributed by atoms with Crippen molar-refractivity contribution in [2.75, 3.05) is 7.11 Å². The summed E-state index contributed by atoms with van der Waals surface area (Å²) in [5.41, 5.74) is 8.19. The van der Waals surface area contributed by atoms with Gasteiger partial charge in [-0.25, -0.2) is 9.50 Å². The van der Waals surface area contributed by atoms with E-state index < -0.39 is 0 Å². The summed E-state index contributed by atoms with van der Waals surface area (Å²) in [4.78, 5) is 16.3. The first-order valence-corrected chi connectivity index (χ1v) is 6.17. The largest absolute Gasteiger partial charge is 0.497 e. The molecule has 3 rings (SSSR count). The second-order valence-corrected chi connectivity index (χ2v) is 4.39. The Morgan fingerprint density at radius 1 is 1.35 bits per heavy atom. The standard InChI is InChI=1S/C14H14N4O2/c1-20-11-4-2-3-9(5-11)12-7-13-16-10(8-15)6-14(19)18(13)17-12/h2-7,17H,8,15H2,1H3. The first-order valence-electron chi connectivity index (χ1n) is 6.17. The number of benzene rings is 1. The number of nitrogens with one attached hydrogen (secondary N) is 1. The summed E-state index contributed by atoms with van der Waals surface area (Å²) in [7, 11) is 1.61. The predicted octanol–water partition coefficient (Wildman–Crippen LogP) is 1.16. The Hall–Kier alpha value is -2.60. The number of fused-ring (bicyclic) bond motifs is 1. The predicted molar refractivity (Wildman–Crippen MR) is 75.7 cm³/mol. The zero-order valence-electron chi connectivity index (χ0n) is 11.0. The highest BCUT2D eigenvalue weighted by Gasteiger charge is 2.08. The minimum absolute atomic E-state index is 0.176. The van der Waals surface area contributed by atoms with Crippen LogP contribution in [0, 0.1) is 0 Å². The average molecular weight is 270 g/mol. The molecule has 0 saturated carbocycles. The molecule has 102 valence electrons. The Labute approximate surface area is 114 Å². The summed E-state index contributed by atoms with van der Waals surface area (Å²) in [6, 6.07) is 10.8. The Morgan fingerprint density at radius 3 is 2.95 bits per heavy atom. The molecule has 0 saturated heterocycles. The smallest absolute Gasteiger partial charge is 0.272 e. The van der Waals surface area contributed by atoms with Gasteiger partial charge in [-0.2, -0.15) is 0 Å². The van der Waals surface area contributed by atoms with Crippen LogP contribution >= 0.6 is 0 Å². The Kier molecular flexibility index (Phi) is 3.00. The fraction of sp³-hybridized carbons (Fsp3) is 0.143. The van der Waals surface area contributed by atoms with Crippen LogP contribution in [-0.4, -0.2) is 21.7 Å². The van der Waals surface area contributed by atoms with Gasteiger partial charge in [0, 0.05) is 24.2 Å². The normalized spacial score (nSPS) is 10.9. The van der Waals surface area contributed by atoms with Crippen LogP contribution in [0.5, 0.6) is 5.75 Å². The van der Waals surface area contributed by atoms with E-state index in [0.29, 0.717) is 11.3 Å². The molecular weight excluding hydrogens is 256 g/mol. The maximum absolute atomic E-state index is 11.9. The lowest BCUT2D eigenvalue weighted by molar-refractivity contribution is 0.415. The van der Waals surface area contributed by atoms with Gasteiger partial charge in [-0.1, -0.05) is 12.1 Å². The molecule has 6 nitrogen and oxygen atoms in total. The van der Waals surface area contributed by atoms with Crippen LogP contribution < -0.4 is 16.0 Å². The summed E-state index contributed by atoms with van der Waals surface area (Å²) >= 11 is 0. The molecule has 20 heavy (non-hydrogen) atoms. The molecular formula is C14H14N4O2. The lowest BCUT2D eigenvalue weighted by atomic mass is 10.1. The van der Waals surface area contributed by atoms with E-state index >= 15 is 0 Å². The molecule has 1 aromatic carbocycles. The zero-order valence-corrected chi connectivity index (χ0v) is 11.0. The molecule has 2 heterocycles. The van der Waals surface area contributed by atoms with E-state index in [-0.39, 0.29) is 12.1 Å². The first kappa shape index (κ1) is 12.4.